The number of alkyl carbamates (subject to hydrolysis) is 1. The number of hydrogen-bond donors (Lipinski definition) is 4. The zero-order chi connectivity index (χ0) is 28.5. The Hall–Kier alpha value is -3.73. The molecule has 0 radical (unpaired) electrons. The van der Waals surface area contributed by atoms with Gasteiger partial charge in [-0.3, -0.25) is 4.79 Å². The molecule has 0 spiro atoms. The average molecular weight is 554 g/mol. The fourth-order valence-corrected chi connectivity index (χ4v) is 3.76. The number of nitrogens with two attached hydrogens (primary N) is 1. The zero-order valence-corrected chi connectivity index (χ0v) is 22.2. The molecule has 1 aromatic carbocycles. The van der Waals surface area contributed by atoms with Crippen molar-refractivity contribution in [2.24, 2.45) is 0 Å². The number of thioether (sulfide) groups is 1. The minimum absolute atomic E-state index is 0.0134. The van der Waals surface area contributed by atoms with Gasteiger partial charge in [0.25, 0.3) is 0 Å². The van der Waals surface area contributed by atoms with E-state index in [9.17, 15) is 28.0 Å². The number of nitrogen functional groups attached to an aromatic ring is 1. The van der Waals surface area contributed by atoms with E-state index in [1.54, 1.807) is 27.0 Å². The van der Waals surface area contributed by atoms with Crippen LogP contribution in [0.4, 0.5) is 35.4 Å². The number of unbranched alkanes of at least 4 members (excludes halogenated alkanes) is 1. The second kappa shape index (κ2) is 13.2. The molecule has 0 aliphatic carbocycles. The molecule has 2 aromatic rings. The van der Waals surface area contributed by atoms with E-state index in [2.05, 4.69) is 25.9 Å². The van der Waals surface area contributed by atoms with Crippen LogP contribution in [0.25, 0.3) is 0 Å². The second-order valence-corrected chi connectivity index (χ2v) is 9.91. The molecule has 0 saturated heterocycles. The van der Waals surface area contributed by atoms with Crippen molar-refractivity contribution in [1.29, 1.82) is 5.26 Å². The molecular weight excluding hydrogens is 523 g/mol. The number of halogens is 3. The summed E-state index contributed by atoms with van der Waals surface area (Å²) in [5.41, 5.74) is 4.28. The van der Waals surface area contributed by atoms with Crippen molar-refractivity contribution in [3.63, 3.8) is 0 Å². The highest BCUT2D eigenvalue weighted by Crippen LogP contribution is 2.31. The number of nitrogens with one attached hydrogen (secondary N) is 3. The predicted molar refractivity (Wildman–Crippen MR) is 139 cm³/mol. The van der Waals surface area contributed by atoms with Gasteiger partial charge in [-0.05, 0) is 64.5 Å². The summed E-state index contributed by atoms with van der Waals surface area (Å²) < 4.78 is 44.7. The Kier molecular flexibility index (Phi) is 10.6. The molecule has 14 heteroatoms. The van der Waals surface area contributed by atoms with Crippen LogP contribution in [-0.2, 0) is 15.7 Å². The maximum Gasteiger partial charge on any atom is 0.416 e. The number of ether oxygens (including phenoxy) is 1. The van der Waals surface area contributed by atoms with E-state index in [1.165, 1.54) is 12.1 Å². The van der Waals surface area contributed by atoms with Crippen molar-refractivity contribution < 1.29 is 27.5 Å². The molecule has 0 unspecified atom stereocenters. The fourth-order valence-electron chi connectivity index (χ4n) is 3.23. The third kappa shape index (κ3) is 9.62. The summed E-state index contributed by atoms with van der Waals surface area (Å²) in [5.74, 6) is -0.889. The molecule has 1 atom stereocenters. The van der Waals surface area contributed by atoms with Crippen LogP contribution in [0.2, 0.25) is 0 Å². The Morgan fingerprint density at radius 1 is 1.21 bits per heavy atom. The van der Waals surface area contributed by atoms with Gasteiger partial charge in [-0.15, -0.1) is 11.8 Å². The Labute approximate surface area is 222 Å². The van der Waals surface area contributed by atoms with Crippen LogP contribution < -0.4 is 21.7 Å². The lowest BCUT2D eigenvalue weighted by Crippen LogP contribution is -2.36. The number of carbonyl (C=O) groups is 2. The predicted octanol–water partition coefficient (Wildman–Crippen LogP) is 4.79. The summed E-state index contributed by atoms with van der Waals surface area (Å²) in [6, 6.07) is 5.40. The van der Waals surface area contributed by atoms with Crippen LogP contribution in [0, 0.1) is 11.3 Å². The SMILES string of the molecule is CSc1nc(N)nc(NC(=O)[C@H](CCCCNC(=O)OC(C)(C)C)Nc2cccc(C(F)(F)F)c2)c1C#N. The normalized spacial score (nSPS) is 12.3. The lowest BCUT2D eigenvalue weighted by atomic mass is 10.1. The number of rotatable bonds is 10. The van der Waals surface area contributed by atoms with Crippen molar-refractivity contribution in [3.8, 4) is 6.07 Å². The van der Waals surface area contributed by atoms with Crippen LogP contribution in [0.3, 0.4) is 0 Å². The Bertz CT molecular complexity index is 1180. The molecular formula is C24H30F3N7O3S. The van der Waals surface area contributed by atoms with Gasteiger partial charge in [0.2, 0.25) is 11.9 Å². The summed E-state index contributed by atoms with van der Waals surface area (Å²) in [6.45, 7) is 5.48. The molecule has 0 saturated carbocycles. The molecule has 206 valence electrons. The van der Waals surface area contributed by atoms with E-state index in [-0.39, 0.29) is 41.0 Å². The van der Waals surface area contributed by atoms with E-state index in [0.717, 1.165) is 23.9 Å². The highest BCUT2D eigenvalue weighted by molar-refractivity contribution is 7.98. The molecule has 1 aromatic heterocycles. The number of amides is 2. The summed E-state index contributed by atoms with van der Waals surface area (Å²) in [4.78, 5) is 32.9. The zero-order valence-electron chi connectivity index (χ0n) is 21.4. The minimum atomic E-state index is -4.56. The summed E-state index contributed by atoms with van der Waals surface area (Å²) in [6.07, 6.45) is -2.38. The number of aromatic nitrogens is 2. The Morgan fingerprint density at radius 3 is 2.53 bits per heavy atom. The van der Waals surface area contributed by atoms with Gasteiger partial charge in [-0.25, -0.2) is 9.78 Å². The minimum Gasteiger partial charge on any atom is -0.444 e. The van der Waals surface area contributed by atoms with Crippen molar-refractivity contribution in [1.82, 2.24) is 15.3 Å². The van der Waals surface area contributed by atoms with Gasteiger partial charge >= 0.3 is 12.3 Å². The summed E-state index contributed by atoms with van der Waals surface area (Å²) in [7, 11) is 0. The number of benzene rings is 1. The number of carbonyl (C=O) groups excluding carboxylic acids is 2. The molecule has 38 heavy (non-hydrogen) atoms. The lowest BCUT2D eigenvalue weighted by Gasteiger charge is -2.21. The molecule has 0 bridgehead atoms. The van der Waals surface area contributed by atoms with E-state index in [0.29, 0.717) is 12.8 Å². The number of nitrogens with zero attached hydrogens (tertiary/aromatic N) is 3. The number of alkyl halides is 3. The monoisotopic (exact) mass is 553 g/mol. The van der Waals surface area contributed by atoms with Crippen LogP contribution in [0.1, 0.15) is 51.2 Å². The van der Waals surface area contributed by atoms with Gasteiger partial charge in [0, 0.05) is 12.2 Å². The number of anilines is 3. The third-order valence-electron chi connectivity index (χ3n) is 4.87. The molecule has 0 aliphatic rings. The Morgan fingerprint density at radius 2 is 1.92 bits per heavy atom. The van der Waals surface area contributed by atoms with Crippen LogP contribution in [0.15, 0.2) is 29.3 Å². The lowest BCUT2D eigenvalue weighted by molar-refractivity contribution is -0.137. The van der Waals surface area contributed by atoms with Crippen LogP contribution >= 0.6 is 11.8 Å². The number of hydrogen-bond acceptors (Lipinski definition) is 9. The van der Waals surface area contributed by atoms with Gasteiger partial charge in [0.15, 0.2) is 5.82 Å². The maximum atomic E-state index is 13.2. The molecule has 5 N–H and O–H groups in total. The highest BCUT2D eigenvalue weighted by Gasteiger charge is 2.31. The standard InChI is InChI=1S/C24H30F3N7O3S/c1-23(2,3)37-22(36)30-11-6-5-10-17(31-15-9-7-8-14(12-15)24(25,26)27)19(35)32-18-16(13-28)20(38-4)34-21(29)33-18/h7-9,12,17,31H,5-6,10-11H2,1-4H3,(H,30,36)(H3,29,32,33,34,35)/t17-/m0/s1. The quantitative estimate of drug-likeness (QED) is 0.185. The van der Waals surface area contributed by atoms with Crippen molar-refractivity contribution >= 4 is 41.2 Å². The highest BCUT2D eigenvalue weighted by atomic mass is 32.2. The van der Waals surface area contributed by atoms with E-state index in [1.807, 2.05) is 6.07 Å². The van der Waals surface area contributed by atoms with Crippen molar-refractivity contribution in [3.05, 3.63) is 35.4 Å². The van der Waals surface area contributed by atoms with Gasteiger partial charge in [0.1, 0.15) is 28.3 Å². The van der Waals surface area contributed by atoms with E-state index < -0.39 is 35.4 Å². The van der Waals surface area contributed by atoms with Crippen molar-refractivity contribution in [2.75, 3.05) is 29.2 Å². The van der Waals surface area contributed by atoms with Gasteiger partial charge in [0.05, 0.1) is 5.56 Å². The van der Waals surface area contributed by atoms with Gasteiger partial charge in [-0.1, -0.05) is 6.07 Å². The second-order valence-electron chi connectivity index (χ2n) is 9.12. The Balaban J connectivity index is 2.18. The smallest absolute Gasteiger partial charge is 0.416 e. The van der Waals surface area contributed by atoms with Crippen LogP contribution in [-0.4, -0.2) is 46.4 Å². The molecule has 10 nitrogen and oxygen atoms in total. The first-order valence-corrected chi connectivity index (χ1v) is 12.8. The van der Waals surface area contributed by atoms with Gasteiger partial charge < -0.3 is 26.4 Å². The first-order valence-electron chi connectivity index (χ1n) is 11.6. The summed E-state index contributed by atoms with van der Waals surface area (Å²) >= 11 is 1.14. The fraction of sp³-hybridized carbons (Fsp3) is 0.458. The molecule has 2 rings (SSSR count). The molecule has 0 aliphatic heterocycles. The van der Waals surface area contributed by atoms with Crippen molar-refractivity contribution in [2.45, 2.75) is 62.9 Å². The average Bonchev–Trinajstić information content (AvgIpc) is 2.81. The summed E-state index contributed by atoms with van der Waals surface area (Å²) in [5, 5.41) is 17.8. The first kappa shape index (κ1) is 30.5. The number of nitriles is 1. The van der Waals surface area contributed by atoms with Crippen LogP contribution in [0.5, 0.6) is 0 Å². The molecule has 2 amide bonds. The maximum absolute atomic E-state index is 13.2. The molecule has 1 heterocycles. The van der Waals surface area contributed by atoms with Gasteiger partial charge in [-0.2, -0.15) is 23.4 Å². The molecule has 0 fully saturated rings. The first-order chi connectivity index (χ1) is 17.7. The largest absolute Gasteiger partial charge is 0.444 e. The topological polar surface area (TPSA) is 155 Å². The van der Waals surface area contributed by atoms with E-state index in [4.69, 9.17) is 10.5 Å². The third-order valence-corrected chi connectivity index (χ3v) is 5.56. The van der Waals surface area contributed by atoms with E-state index >= 15 is 0 Å².